The summed E-state index contributed by atoms with van der Waals surface area (Å²) in [5.41, 5.74) is 1.10. The van der Waals surface area contributed by atoms with Crippen LogP contribution in [0, 0.1) is 12.8 Å². The number of thiophene rings is 1. The van der Waals surface area contributed by atoms with Gasteiger partial charge in [0.15, 0.2) is 0 Å². The Balaban J connectivity index is 2.09. The van der Waals surface area contributed by atoms with E-state index < -0.39 is 0 Å². The van der Waals surface area contributed by atoms with Gasteiger partial charge in [-0.05, 0) is 36.3 Å². The summed E-state index contributed by atoms with van der Waals surface area (Å²) in [5, 5.41) is 1.99. The van der Waals surface area contributed by atoms with E-state index in [1.807, 2.05) is 23.3 Å². The van der Waals surface area contributed by atoms with Gasteiger partial charge in [0.2, 0.25) is 0 Å². The van der Waals surface area contributed by atoms with Gasteiger partial charge in [-0.2, -0.15) is 0 Å². The minimum Gasteiger partial charge on any atom is -0.338 e. The molecule has 1 fully saturated rings. The van der Waals surface area contributed by atoms with E-state index in [1.165, 1.54) is 0 Å². The Hall–Kier alpha value is -0.350. The minimum absolute atomic E-state index is 0.207. The number of carbonyl (C=O) groups excluding carboxylic acids is 1. The number of halogens is 1. The van der Waals surface area contributed by atoms with Gasteiger partial charge in [0.25, 0.3) is 5.91 Å². The van der Waals surface area contributed by atoms with Crippen LogP contribution in [0.5, 0.6) is 0 Å². The summed E-state index contributed by atoms with van der Waals surface area (Å²) in [6, 6.07) is 2.01. The molecule has 16 heavy (non-hydrogen) atoms. The molecule has 1 amide bonds. The summed E-state index contributed by atoms with van der Waals surface area (Å²) in [5.74, 6) is 0.747. The maximum atomic E-state index is 12.3. The van der Waals surface area contributed by atoms with Crippen molar-refractivity contribution in [2.45, 2.75) is 25.1 Å². The summed E-state index contributed by atoms with van der Waals surface area (Å²) in [6.45, 7) is 5.94. The number of alkyl halides is 1. The van der Waals surface area contributed by atoms with Crippen molar-refractivity contribution in [1.29, 1.82) is 0 Å². The van der Waals surface area contributed by atoms with Crippen molar-refractivity contribution in [3.63, 3.8) is 0 Å². The average Bonchev–Trinajstić information content (AvgIpc) is 2.67. The normalized spacial score (nSPS) is 25.8. The van der Waals surface area contributed by atoms with Crippen molar-refractivity contribution in [3.05, 3.63) is 21.9 Å². The van der Waals surface area contributed by atoms with Crippen LogP contribution >= 0.6 is 27.3 Å². The summed E-state index contributed by atoms with van der Waals surface area (Å²) in [6.07, 6.45) is 1.05. The van der Waals surface area contributed by atoms with Gasteiger partial charge in [-0.3, -0.25) is 4.79 Å². The number of nitrogens with zero attached hydrogens (tertiary/aromatic N) is 1. The topological polar surface area (TPSA) is 20.3 Å². The van der Waals surface area contributed by atoms with Crippen LogP contribution < -0.4 is 0 Å². The largest absolute Gasteiger partial charge is 0.338 e. The monoisotopic (exact) mass is 301 g/mol. The molecular weight excluding hydrogens is 286 g/mol. The second-order valence-corrected chi connectivity index (χ2v) is 6.56. The molecular formula is C12H16BrNOS. The van der Waals surface area contributed by atoms with E-state index in [9.17, 15) is 4.79 Å². The summed E-state index contributed by atoms with van der Waals surface area (Å²) in [7, 11) is 0. The van der Waals surface area contributed by atoms with E-state index in [1.54, 1.807) is 11.3 Å². The minimum atomic E-state index is 0.207. The van der Waals surface area contributed by atoms with Crippen LogP contribution in [0.2, 0.25) is 0 Å². The number of carbonyl (C=O) groups is 1. The molecule has 1 aliphatic rings. The summed E-state index contributed by atoms with van der Waals surface area (Å²) in [4.78, 5) is 15.7. The molecule has 2 atom stereocenters. The smallest absolute Gasteiger partial charge is 0.264 e. The molecule has 1 aromatic rings. The Bertz CT molecular complexity index is 390. The molecule has 4 heteroatoms. The Kier molecular flexibility index (Phi) is 3.70. The lowest BCUT2D eigenvalue weighted by molar-refractivity contribution is 0.0695. The van der Waals surface area contributed by atoms with Crippen LogP contribution in [0.1, 0.15) is 28.6 Å². The highest BCUT2D eigenvalue weighted by molar-refractivity contribution is 9.09. The molecule has 0 aliphatic carbocycles. The van der Waals surface area contributed by atoms with Crippen molar-refractivity contribution in [2.24, 2.45) is 5.92 Å². The van der Waals surface area contributed by atoms with Crippen molar-refractivity contribution in [2.75, 3.05) is 13.1 Å². The molecule has 0 aromatic carbocycles. The van der Waals surface area contributed by atoms with E-state index in [2.05, 4.69) is 22.9 Å². The maximum Gasteiger partial charge on any atom is 0.264 e. The first-order valence-electron chi connectivity index (χ1n) is 5.57. The van der Waals surface area contributed by atoms with Gasteiger partial charge in [-0.1, -0.05) is 22.9 Å². The fourth-order valence-electron chi connectivity index (χ4n) is 2.04. The fourth-order valence-corrected chi connectivity index (χ4v) is 3.30. The molecule has 1 saturated heterocycles. The maximum absolute atomic E-state index is 12.3. The number of amides is 1. The third-order valence-electron chi connectivity index (χ3n) is 3.14. The van der Waals surface area contributed by atoms with Gasteiger partial charge < -0.3 is 4.90 Å². The quantitative estimate of drug-likeness (QED) is 0.729. The number of hydrogen-bond donors (Lipinski definition) is 0. The van der Waals surface area contributed by atoms with Gasteiger partial charge in [0.05, 0.1) is 4.88 Å². The SMILES string of the molecule is Cc1ccsc1C(=O)N1CCC(Br)C(C)C1. The lowest BCUT2D eigenvalue weighted by Crippen LogP contribution is -2.43. The van der Waals surface area contributed by atoms with Crippen molar-refractivity contribution in [3.8, 4) is 0 Å². The van der Waals surface area contributed by atoms with Gasteiger partial charge >= 0.3 is 0 Å². The number of piperidine rings is 1. The second kappa shape index (κ2) is 4.88. The zero-order chi connectivity index (χ0) is 11.7. The van der Waals surface area contributed by atoms with Crippen LogP contribution in [-0.4, -0.2) is 28.7 Å². The standard InChI is InChI=1S/C12H16BrNOS/c1-8-4-6-16-11(8)12(15)14-5-3-10(13)9(2)7-14/h4,6,9-10H,3,5,7H2,1-2H3. The first-order valence-corrected chi connectivity index (χ1v) is 7.36. The Morgan fingerprint density at radius 2 is 2.38 bits per heavy atom. The molecule has 0 saturated carbocycles. The van der Waals surface area contributed by atoms with E-state index in [0.717, 1.165) is 30.0 Å². The highest BCUT2D eigenvalue weighted by atomic mass is 79.9. The molecule has 0 N–H and O–H groups in total. The Labute approximate surface area is 109 Å². The number of hydrogen-bond acceptors (Lipinski definition) is 2. The lowest BCUT2D eigenvalue weighted by Gasteiger charge is -2.34. The molecule has 88 valence electrons. The summed E-state index contributed by atoms with van der Waals surface area (Å²) < 4.78 is 0. The van der Waals surface area contributed by atoms with E-state index in [4.69, 9.17) is 0 Å². The van der Waals surface area contributed by atoms with Crippen molar-refractivity contribution >= 4 is 33.2 Å². The molecule has 1 aliphatic heterocycles. The number of aryl methyl sites for hydroxylation is 1. The first kappa shape index (κ1) is 12.1. The van der Waals surface area contributed by atoms with Crippen LogP contribution in [0.4, 0.5) is 0 Å². The van der Waals surface area contributed by atoms with Gasteiger partial charge in [-0.15, -0.1) is 11.3 Å². The molecule has 2 nitrogen and oxygen atoms in total. The highest BCUT2D eigenvalue weighted by Gasteiger charge is 2.28. The predicted molar refractivity (Wildman–Crippen MR) is 71.5 cm³/mol. The Morgan fingerprint density at radius 3 is 2.94 bits per heavy atom. The van der Waals surface area contributed by atoms with Crippen LogP contribution in [-0.2, 0) is 0 Å². The van der Waals surface area contributed by atoms with Gasteiger partial charge in [0, 0.05) is 17.9 Å². The molecule has 0 spiro atoms. The number of rotatable bonds is 1. The van der Waals surface area contributed by atoms with Crippen LogP contribution in [0.15, 0.2) is 11.4 Å². The van der Waals surface area contributed by atoms with E-state index in [0.29, 0.717) is 10.7 Å². The highest BCUT2D eigenvalue weighted by Crippen LogP contribution is 2.26. The summed E-state index contributed by atoms with van der Waals surface area (Å²) >= 11 is 5.21. The van der Waals surface area contributed by atoms with E-state index in [-0.39, 0.29) is 5.91 Å². The molecule has 0 bridgehead atoms. The predicted octanol–water partition coefficient (Wildman–Crippen LogP) is 3.30. The fraction of sp³-hybridized carbons (Fsp3) is 0.583. The number of likely N-dealkylation sites (tertiary alicyclic amines) is 1. The first-order chi connectivity index (χ1) is 7.59. The third-order valence-corrected chi connectivity index (χ3v) is 5.51. The van der Waals surface area contributed by atoms with Crippen molar-refractivity contribution < 1.29 is 4.79 Å². The Morgan fingerprint density at radius 1 is 1.62 bits per heavy atom. The third kappa shape index (κ3) is 2.33. The second-order valence-electron chi connectivity index (χ2n) is 4.47. The molecule has 2 heterocycles. The molecule has 2 rings (SSSR count). The zero-order valence-electron chi connectivity index (χ0n) is 9.57. The molecule has 2 unspecified atom stereocenters. The average molecular weight is 302 g/mol. The van der Waals surface area contributed by atoms with Crippen molar-refractivity contribution in [1.82, 2.24) is 4.90 Å². The van der Waals surface area contributed by atoms with Gasteiger partial charge in [0.1, 0.15) is 0 Å². The molecule has 0 radical (unpaired) electrons. The van der Waals surface area contributed by atoms with Gasteiger partial charge in [-0.25, -0.2) is 0 Å². The van der Waals surface area contributed by atoms with Crippen LogP contribution in [0.3, 0.4) is 0 Å². The zero-order valence-corrected chi connectivity index (χ0v) is 12.0. The lowest BCUT2D eigenvalue weighted by atomic mass is 10.00. The molecule has 1 aromatic heterocycles. The van der Waals surface area contributed by atoms with E-state index >= 15 is 0 Å². The van der Waals surface area contributed by atoms with Crippen LogP contribution in [0.25, 0.3) is 0 Å².